The topological polar surface area (TPSA) is 73.5 Å². The molecule has 0 aromatic heterocycles. The Bertz CT molecular complexity index is 1120. The van der Waals surface area contributed by atoms with Gasteiger partial charge in [-0.15, -0.1) is 0 Å². The van der Waals surface area contributed by atoms with Crippen LogP contribution in [-0.4, -0.2) is 25.2 Å². The number of amides is 4. The van der Waals surface area contributed by atoms with Crippen molar-refractivity contribution >= 4 is 29.1 Å². The molecule has 3 aromatic rings. The van der Waals surface area contributed by atoms with Crippen LogP contribution in [-0.2, 0) is 6.18 Å². The minimum atomic E-state index is -4.51. The zero-order chi connectivity index (χ0) is 24.6. The molecule has 0 saturated carbocycles. The second-order valence-corrected chi connectivity index (χ2v) is 7.60. The molecule has 178 valence electrons. The summed E-state index contributed by atoms with van der Waals surface area (Å²) in [6.45, 7) is 2.45. The first-order valence-corrected chi connectivity index (χ1v) is 10.6. The molecule has 3 N–H and O–H groups in total. The van der Waals surface area contributed by atoms with Crippen molar-refractivity contribution in [1.82, 2.24) is 5.32 Å². The summed E-state index contributed by atoms with van der Waals surface area (Å²) in [5, 5.41) is 8.01. The molecule has 0 saturated heterocycles. The van der Waals surface area contributed by atoms with Gasteiger partial charge in [-0.1, -0.05) is 36.4 Å². The van der Waals surface area contributed by atoms with Crippen LogP contribution >= 0.6 is 0 Å². The van der Waals surface area contributed by atoms with E-state index < -0.39 is 17.8 Å². The maximum atomic E-state index is 13.0. The number of hydrogen-bond donors (Lipinski definition) is 3. The molecule has 3 aromatic carbocycles. The van der Waals surface area contributed by atoms with Crippen molar-refractivity contribution in [3.05, 3.63) is 90.0 Å². The fraction of sp³-hybridized carbons (Fsp3) is 0.200. The second kappa shape index (κ2) is 11.2. The van der Waals surface area contributed by atoms with E-state index in [0.29, 0.717) is 17.8 Å². The number of para-hydroxylation sites is 1. The molecular weight excluding hydrogens is 445 g/mol. The molecule has 0 spiro atoms. The Morgan fingerprint density at radius 1 is 0.853 bits per heavy atom. The molecule has 6 nitrogen and oxygen atoms in total. The van der Waals surface area contributed by atoms with Crippen molar-refractivity contribution < 1.29 is 22.8 Å². The van der Waals surface area contributed by atoms with Gasteiger partial charge in [-0.25, -0.2) is 9.59 Å². The lowest BCUT2D eigenvalue weighted by Gasteiger charge is -2.23. The summed E-state index contributed by atoms with van der Waals surface area (Å²) in [4.78, 5) is 26.4. The third kappa shape index (κ3) is 7.26. The van der Waals surface area contributed by atoms with Gasteiger partial charge in [0.2, 0.25) is 0 Å². The number of anilines is 3. The smallest absolute Gasteiger partial charge is 0.338 e. The van der Waals surface area contributed by atoms with Gasteiger partial charge in [0.1, 0.15) is 0 Å². The number of hydrogen-bond acceptors (Lipinski definition) is 2. The van der Waals surface area contributed by atoms with Gasteiger partial charge in [0.25, 0.3) is 0 Å². The Balaban J connectivity index is 1.59. The van der Waals surface area contributed by atoms with Crippen LogP contribution in [0.1, 0.15) is 17.5 Å². The molecular formula is C25H25F3N4O2. The highest BCUT2D eigenvalue weighted by atomic mass is 19.4. The number of nitrogens with zero attached hydrogens (tertiary/aromatic N) is 1. The van der Waals surface area contributed by atoms with Crippen LogP contribution in [0, 0.1) is 6.92 Å². The summed E-state index contributed by atoms with van der Waals surface area (Å²) in [6, 6.07) is 19.7. The summed E-state index contributed by atoms with van der Waals surface area (Å²) in [7, 11) is 0. The van der Waals surface area contributed by atoms with Gasteiger partial charge >= 0.3 is 18.2 Å². The van der Waals surface area contributed by atoms with E-state index in [1.807, 2.05) is 25.1 Å². The third-order valence-electron chi connectivity index (χ3n) is 4.87. The molecule has 4 amide bonds. The average molecular weight is 470 g/mol. The van der Waals surface area contributed by atoms with Gasteiger partial charge in [-0.3, -0.25) is 4.90 Å². The van der Waals surface area contributed by atoms with E-state index in [-0.39, 0.29) is 24.8 Å². The fourth-order valence-electron chi connectivity index (χ4n) is 3.26. The molecule has 0 heterocycles. The van der Waals surface area contributed by atoms with Gasteiger partial charge in [0.05, 0.1) is 5.56 Å². The zero-order valence-corrected chi connectivity index (χ0v) is 18.5. The number of urea groups is 2. The largest absolute Gasteiger partial charge is 0.416 e. The fourth-order valence-corrected chi connectivity index (χ4v) is 3.26. The summed E-state index contributed by atoms with van der Waals surface area (Å²) in [6.07, 6.45) is -4.09. The van der Waals surface area contributed by atoms with Gasteiger partial charge in [-0.05, 0) is 61.4 Å². The van der Waals surface area contributed by atoms with Crippen molar-refractivity contribution in [2.24, 2.45) is 0 Å². The van der Waals surface area contributed by atoms with Gasteiger partial charge in [-0.2, -0.15) is 13.2 Å². The molecule has 0 radical (unpaired) electrons. The Labute approximate surface area is 195 Å². The van der Waals surface area contributed by atoms with E-state index in [0.717, 1.165) is 17.7 Å². The first-order valence-electron chi connectivity index (χ1n) is 10.6. The van der Waals surface area contributed by atoms with Crippen LogP contribution in [0.25, 0.3) is 0 Å². The molecule has 0 unspecified atom stereocenters. The lowest BCUT2D eigenvalue weighted by atomic mass is 10.2. The molecule has 34 heavy (non-hydrogen) atoms. The summed E-state index contributed by atoms with van der Waals surface area (Å²) < 4.78 is 39.0. The van der Waals surface area contributed by atoms with Crippen molar-refractivity contribution in [2.45, 2.75) is 19.5 Å². The minimum Gasteiger partial charge on any atom is -0.338 e. The molecule has 9 heteroatoms. The minimum absolute atomic E-state index is 0.0383. The number of carbonyl (C=O) groups excluding carboxylic acids is 2. The molecule has 3 rings (SSSR count). The lowest BCUT2D eigenvalue weighted by Crippen LogP contribution is -2.38. The van der Waals surface area contributed by atoms with Crippen molar-refractivity contribution in [3.8, 4) is 0 Å². The van der Waals surface area contributed by atoms with E-state index in [9.17, 15) is 22.8 Å². The second-order valence-electron chi connectivity index (χ2n) is 7.60. The van der Waals surface area contributed by atoms with Gasteiger partial charge in [0.15, 0.2) is 0 Å². The van der Waals surface area contributed by atoms with E-state index >= 15 is 0 Å². The Hall–Kier alpha value is -4.01. The number of halogens is 3. The lowest BCUT2D eigenvalue weighted by molar-refractivity contribution is -0.137. The molecule has 0 atom stereocenters. The van der Waals surface area contributed by atoms with Crippen LogP contribution in [0.15, 0.2) is 78.9 Å². The van der Waals surface area contributed by atoms with Crippen molar-refractivity contribution in [3.63, 3.8) is 0 Å². The maximum Gasteiger partial charge on any atom is 0.416 e. The standard InChI is InChI=1S/C25H25F3N4O2/c1-18-8-5-10-20(16-18)30-23(33)29-14-7-15-32(22-12-3-2-4-13-22)24(34)31-21-11-6-9-19(17-21)25(26,27)28/h2-6,8-13,16-17H,7,14-15H2,1H3,(H,31,34)(H2,29,30,33). The maximum absolute atomic E-state index is 13.0. The monoisotopic (exact) mass is 470 g/mol. The van der Waals surface area contributed by atoms with Crippen molar-refractivity contribution in [1.29, 1.82) is 0 Å². The number of nitrogens with one attached hydrogen (secondary N) is 3. The quantitative estimate of drug-likeness (QED) is 0.357. The highest BCUT2D eigenvalue weighted by Crippen LogP contribution is 2.30. The van der Waals surface area contributed by atoms with Crippen LogP contribution < -0.4 is 20.9 Å². The number of benzene rings is 3. The average Bonchev–Trinajstić information content (AvgIpc) is 2.79. The SMILES string of the molecule is Cc1cccc(NC(=O)NCCCN(C(=O)Nc2cccc(C(F)(F)F)c2)c2ccccc2)c1. The normalized spacial score (nSPS) is 10.9. The van der Waals surface area contributed by atoms with E-state index in [2.05, 4.69) is 16.0 Å². The molecule has 0 fully saturated rings. The number of carbonyl (C=O) groups is 2. The van der Waals surface area contributed by atoms with Gasteiger partial charge < -0.3 is 16.0 Å². The van der Waals surface area contributed by atoms with Crippen LogP contribution in [0.3, 0.4) is 0 Å². The highest BCUT2D eigenvalue weighted by molar-refractivity contribution is 6.01. The number of alkyl halides is 3. The molecule has 0 aliphatic carbocycles. The van der Waals surface area contributed by atoms with Crippen molar-refractivity contribution in [2.75, 3.05) is 28.6 Å². The summed E-state index contributed by atoms with van der Waals surface area (Å²) in [5.74, 6) is 0. The van der Waals surface area contributed by atoms with E-state index in [4.69, 9.17) is 0 Å². The van der Waals surface area contributed by atoms with E-state index in [1.54, 1.807) is 36.4 Å². The van der Waals surface area contributed by atoms with Crippen LogP contribution in [0.2, 0.25) is 0 Å². The summed E-state index contributed by atoms with van der Waals surface area (Å²) in [5.41, 5.74) is 1.46. The predicted molar refractivity (Wildman–Crippen MR) is 127 cm³/mol. The highest BCUT2D eigenvalue weighted by Gasteiger charge is 2.30. The molecule has 0 aliphatic rings. The van der Waals surface area contributed by atoms with Crippen LogP contribution in [0.5, 0.6) is 0 Å². The Morgan fingerprint density at radius 3 is 2.21 bits per heavy atom. The molecule has 0 aliphatic heterocycles. The van der Waals surface area contributed by atoms with Crippen LogP contribution in [0.4, 0.5) is 39.8 Å². The number of aryl methyl sites for hydroxylation is 1. The first-order chi connectivity index (χ1) is 16.2. The summed E-state index contributed by atoms with van der Waals surface area (Å²) >= 11 is 0. The predicted octanol–water partition coefficient (Wildman–Crippen LogP) is 6.26. The first kappa shape index (κ1) is 24.6. The van der Waals surface area contributed by atoms with E-state index in [1.165, 1.54) is 17.0 Å². The Morgan fingerprint density at radius 2 is 1.53 bits per heavy atom. The zero-order valence-electron chi connectivity index (χ0n) is 18.5. The molecule has 0 bridgehead atoms. The Kier molecular flexibility index (Phi) is 8.13. The third-order valence-corrected chi connectivity index (χ3v) is 4.87. The van der Waals surface area contributed by atoms with Gasteiger partial charge in [0, 0.05) is 30.2 Å². The number of rotatable bonds is 7.